The Kier molecular flexibility index (Phi) is 3.23. The Labute approximate surface area is 81.7 Å². The van der Waals surface area contributed by atoms with E-state index in [2.05, 4.69) is 18.2 Å². The molecule has 0 nitrogen and oxygen atoms in total. The van der Waals surface area contributed by atoms with Crippen LogP contribution in [-0.4, -0.2) is 0 Å². The summed E-state index contributed by atoms with van der Waals surface area (Å²) >= 11 is 0. The average molecular weight is 176 g/mol. The summed E-state index contributed by atoms with van der Waals surface area (Å²) in [4.78, 5) is 0. The second-order valence-corrected chi connectivity index (χ2v) is 4.40. The van der Waals surface area contributed by atoms with Gasteiger partial charge in [0.25, 0.3) is 0 Å². The second kappa shape index (κ2) is 4.64. The fraction of sp³-hybridized carbons (Fsp3) is 0.692. The van der Waals surface area contributed by atoms with E-state index in [1.807, 2.05) is 0 Å². The number of hydrogen-bond acceptors (Lipinski definition) is 0. The van der Waals surface area contributed by atoms with Crippen LogP contribution in [0.3, 0.4) is 0 Å². The van der Waals surface area contributed by atoms with Crippen LogP contribution in [0.25, 0.3) is 0 Å². The molecule has 0 aromatic carbocycles. The van der Waals surface area contributed by atoms with Gasteiger partial charge in [-0.3, -0.25) is 0 Å². The molecule has 0 heterocycles. The molecule has 0 radical (unpaired) electrons. The first kappa shape index (κ1) is 9.05. The van der Waals surface area contributed by atoms with Gasteiger partial charge in [0, 0.05) is 0 Å². The van der Waals surface area contributed by atoms with Crippen molar-refractivity contribution in [3.63, 3.8) is 0 Å². The van der Waals surface area contributed by atoms with E-state index in [1.54, 1.807) is 5.57 Å². The minimum absolute atomic E-state index is 0.937. The fourth-order valence-electron chi connectivity index (χ4n) is 2.61. The summed E-state index contributed by atoms with van der Waals surface area (Å²) in [5, 5.41) is 0. The van der Waals surface area contributed by atoms with Crippen molar-refractivity contribution in [2.75, 3.05) is 0 Å². The smallest absolute Gasteiger partial charge is 0.0200 e. The fourth-order valence-corrected chi connectivity index (χ4v) is 2.61. The normalized spacial score (nSPS) is 25.4. The highest BCUT2D eigenvalue weighted by atomic mass is 14.2. The van der Waals surface area contributed by atoms with Crippen molar-refractivity contribution in [1.82, 2.24) is 0 Å². The Morgan fingerprint density at radius 2 is 1.77 bits per heavy atom. The summed E-state index contributed by atoms with van der Waals surface area (Å²) in [6.45, 7) is 0. The Bertz CT molecular complexity index is 202. The van der Waals surface area contributed by atoms with Gasteiger partial charge in [-0.05, 0) is 31.6 Å². The van der Waals surface area contributed by atoms with Gasteiger partial charge >= 0.3 is 0 Å². The van der Waals surface area contributed by atoms with E-state index in [1.165, 1.54) is 51.4 Å². The van der Waals surface area contributed by atoms with Gasteiger partial charge in [-0.15, -0.1) is 0 Å². The predicted octanol–water partition coefficient (Wildman–Crippen LogP) is 4.23. The van der Waals surface area contributed by atoms with Crippen molar-refractivity contribution >= 4 is 0 Å². The van der Waals surface area contributed by atoms with Crippen LogP contribution >= 0.6 is 0 Å². The monoisotopic (exact) mass is 176 g/mol. The van der Waals surface area contributed by atoms with Crippen LogP contribution in [0, 0.1) is 5.92 Å². The van der Waals surface area contributed by atoms with E-state index in [4.69, 9.17) is 0 Å². The second-order valence-electron chi connectivity index (χ2n) is 4.40. The maximum absolute atomic E-state index is 2.37. The Morgan fingerprint density at radius 3 is 2.38 bits per heavy atom. The lowest BCUT2D eigenvalue weighted by Crippen LogP contribution is -2.04. The van der Waals surface area contributed by atoms with Crippen molar-refractivity contribution < 1.29 is 0 Å². The van der Waals surface area contributed by atoms with Crippen LogP contribution < -0.4 is 0 Å². The Morgan fingerprint density at radius 1 is 1.00 bits per heavy atom. The van der Waals surface area contributed by atoms with Gasteiger partial charge in [0.2, 0.25) is 0 Å². The molecule has 0 aromatic heterocycles. The summed E-state index contributed by atoms with van der Waals surface area (Å²) in [5.74, 6) is 0.937. The molecule has 0 spiro atoms. The van der Waals surface area contributed by atoms with E-state index in [0.29, 0.717) is 0 Å². The van der Waals surface area contributed by atoms with Crippen LogP contribution in [0.5, 0.6) is 0 Å². The zero-order chi connectivity index (χ0) is 8.93. The minimum Gasteiger partial charge on any atom is -0.0842 e. The molecule has 0 N–H and O–H groups in total. The molecule has 72 valence electrons. The van der Waals surface area contributed by atoms with Crippen LogP contribution in [0.2, 0.25) is 0 Å². The van der Waals surface area contributed by atoms with Gasteiger partial charge < -0.3 is 0 Å². The first-order valence-corrected chi connectivity index (χ1v) is 5.82. The van der Waals surface area contributed by atoms with E-state index < -0.39 is 0 Å². The molecule has 0 atom stereocenters. The van der Waals surface area contributed by atoms with E-state index >= 15 is 0 Å². The van der Waals surface area contributed by atoms with Gasteiger partial charge in [0.1, 0.15) is 0 Å². The molecule has 0 bridgehead atoms. The molecule has 2 aliphatic carbocycles. The summed E-state index contributed by atoms with van der Waals surface area (Å²) in [6.07, 6.45) is 18.3. The lowest BCUT2D eigenvalue weighted by molar-refractivity contribution is 0.512. The van der Waals surface area contributed by atoms with Crippen molar-refractivity contribution in [2.24, 2.45) is 5.92 Å². The molecule has 0 aliphatic heterocycles. The van der Waals surface area contributed by atoms with Crippen LogP contribution in [-0.2, 0) is 0 Å². The highest BCUT2D eigenvalue weighted by molar-refractivity contribution is 5.20. The highest BCUT2D eigenvalue weighted by Gasteiger charge is 2.16. The lowest BCUT2D eigenvalue weighted by atomic mass is 9.87. The first-order chi connectivity index (χ1) is 6.47. The third-order valence-corrected chi connectivity index (χ3v) is 3.43. The standard InChI is InChI=1S/C13H20/c1-2-5-9-12(8-4-1)13-10-6-3-7-11-13/h3,6,10,12H,1-2,4-5,7-9,11H2. The van der Waals surface area contributed by atoms with Crippen molar-refractivity contribution in [3.8, 4) is 0 Å². The maximum Gasteiger partial charge on any atom is -0.0200 e. The lowest BCUT2D eigenvalue weighted by Gasteiger charge is -2.19. The van der Waals surface area contributed by atoms with Crippen LogP contribution in [0.1, 0.15) is 51.4 Å². The molecule has 0 amide bonds. The highest BCUT2D eigenvalue weighted by Crippen LogP contribution is 2.32. The van der Waals surface area contributed by atoms with Crippen molar-refractivity contribution in [2.45, 2.75) is 51.4 Å². The van der Waals surface area contributed by atoms with E-state index in [-0.39, 0.29) is 0 Å². The first-order valence-electron chi connectivity index (χ1n) is 5.82. The molecule has 2 aliphatic rings. The number of allylic oxidation sites excluding steroid dienone is 4. The summed E-state index contributed by atoms with van der Waals surface area (Å²) in [6, 6.07) is 0. The Balaban J connectivity index is 1.97. The van der Waals surface area contributed by atoms with Gasteiger partial charge in [0.05, 0.1) is 0 Å². The quantitative estimate of drug-likeness (QED) is 0.524. The molecule has 1 fully saturated rings. The van der Waals surface area contributed by atoms with Crippen LogP contribution in [0.15, 0.2) is 23.8 Å². The van der Waals surface area contributed by atoms with Crippen molar-refractivity contribution in [1.29, 1.82) is 0 Å². The Hall–Kier alpha value is -0.520. The number of hydrogen-bond donors (Lipinski definition) is 0. The molecule has 13 heavy (non-hydrogen) atoms. The van der Waals surface area contributed by atoms with Gasteiger partial charge in [-0.1, -0.05) is 49.5 Å². The maximum atomic E-state index is 2.37. The summed E-state index contributed by atoms with van der Waals surface area (Å²) in [5.41, 5.74) is 1.74. The van der Waals surface area contributed by atoms with Crippen molar-refractivity contribution in [3.05, 3.63) is 23.8 Å². The third-order valence-electron chi connectivity index (χ3n) is 3.43. The largest absolute Gasteiger partial charge is 0.0842 e. The molecular weight excluding hydrogens is 156 g/mol. The van der Waals surface area contributed by atoms with Gasteiger partial charge in [-0.25, -0.2) is 0 Å². The topological polar surface area (TPSA) is 0 Å². The third kappa shape index (κ3) is 2.46. The predicted molar refractivity (Wildman–Crippen MR) is 57.6 cm³/mol. The molecule has 2 rings (SSSR count). The molecule has 0 aromatic rings. The van der Waals surface area contributed by atoms with Gasteiger partial charge in [-0.2, -0.15) is 0 Å². The average Bonchev–Trinajstić information content (AvgIpc) is 2.47. The molecular formula is C13H20. The van der Waals surface area contributed by atoms with E-state index in [0.717, 1.165) is 5.92 Å². The summed E-state index contributed by atoms with van der Waals surface area (Å²) < 4.78 is 0. The molecule has 1 saturated carbocycles. The molecule has 0 heteroatoms. The summed E-state index contributed by atoms with van der Waals surface area (Å²) in [7, 11) is 0. The molecule has 0 saturated heterocycles. The molecule has 0 unspecified atom stereocenters. The number of rotatable bonds is 1. The van der Waals surface area contributed by atoms with E-state index in [9.17, 15) is 0 Å². The van der Waals surface area contributed by atoms with Gasteiger partial charge in [0.15, 0.2) is 0 Å². The SMILES string of the molecule is C1=CCCC(C2CCCCCC2)=C1. The zero-order valence-electron chi connectivity index (χ0n) is 8.47. The van der Waals surface area contributed by atoms with Crippen LogP contribution in [0.4, 0.5) is 0 Å². The zero-order valence-corrected chi connectivity index (χ0v) is 8.47. The minimum atomic E-state index is 0.937.